The monoisotopic (exact) mass is 366 g/mol. The van der Waals surface area contributed by atoms with Crippen molar-refractivity contribution in [3.05, 3.63) is 36.2 Å². The zero-order chi connectivity index (χ0) is 18.2. The van der Waals surface area contributed by atoms with E-state index in [0.717, 1.165) is 30.3 Å². The zero-order valence-electron chi connectivity index (χ0n) is 15.6. The summed E-state index contributed by atoms with van der Waals surface area (Å²) < 4.78 is 1.62. The number of carbonyl (C=O) groups is 1. The van der Waals surface area contributed by atoms with Crippen LogP contribution in [0, 0.1) is 11.8 Å². The van der Waals surface area contributed by atoms with Gasteiger partial charge < -0.3 is 4.90 Å². The minimum atomic E-state index is 0.260. The van der Waals surface area contributed by atoms with Crippen LogP contribution in [0.4, 0.5) is 0 Å². The molecule has 2 aromatic rings. The Hall–Kier alpha value is -2.28. The van der Waals surface area contributed by atoms with Gasteiger partial charge in [0.05, 0.1) is 12.1 Å². The fourth-order valence-corrected chi connectivity index (χ4v) is 4.57. The molecule has 1 amide bonds. The average molecular weight is 366 g/mol. The highest BCUT2D eigenvalue weighted by Gasteiger charge is 2.38. The highest BCUT2D eigenvalue weighted by atomic mass is 16.2. The van der Waals surface area contributed by atoms with Crippen LogP contribution in [0.2, 0.25) is 0 Å². The second-order valence-corrected chi connectivity index (χ2v) is 8.39. The van der Waals surface area contributed by atoms with E-state index >= 15 is 0 Å². The van der Waals surface area contributed by atoms with Gasteiger partial charge in [-0.15, -0.1) is 5.10 Å². The number of benzene rings is 1. The second kappa shape index (κ2) is 7.03. The van der Waals surface area contributed by atoms with Gasteiger partial charge in [-0.2, -0.15) is 0 Å². The van der Waals surface area contributed by atoms with E-state index in [1.807, 2.05) is 24.3 Å². The van der Waals surface area contributed by atoms with Crippen LogP contribution in [0.5, 0.6) is 0 Å². The van der Waals surface area contributed by atoms with Gasteiger partial charge >= 0.3 is 0 Å². The number of piperidine rings is 1. The Morgan fingerprint density at radius 2 is 1.89 bits per heavy atom. The number of aromatic nitrogens is 4. The van der Waals surface area contributed by atoms with Crippen LogP contribution in [-0.4, -0.2) is 68.1 Å². The van der Waals surface area contributed by atoms with Crippen molar-refractivity contribution in [2.24, 2.45) is 11.8 Å². The van der Waals surface area contributed by atoms with E-state index in [2.05, 4.69) is 25.3 Å². The lowest BCUT2D eigenvalue weighted by atomic mass is 9.95. The quantitative estimate of drug-likeness (QED) is 0.803. The van der Waals surface area contributed by atoms with Gasteiger partial charge in [-0.1, -0.05) is 12.1 Å². The Kier molecular flexibility index (Phi) is 4.39. The number of amides is 1. The predicted molar refractivity (Wildman–Crippen MR) is 100 cm³/mol. The first kappa shape index (κ1) is 16.9. The Morgan fingerprint density at radius 3 is 2.63 bits per heavy atom. The molecule has 3 aliphatic heterocycles. The molecule has 1 saturated carbocycles. The third-order valence-corrected chi connectivity index (χ3v) is 6.27. The number of nitrogens with zero attached hydrogens (tertiary/aromatic N) is 6. The number of hydrogen-bond donors (Lipinski definition) is 0. The standard InChI is InChI=1S/C20H26N6O/c27-20(9-15-3-6-18(7-4-15)26-14-21-22-23-26)25-12-17-5-8-19(13-25)24(11-17)10-16-1-2-16/h3-4,6-7,14,16-17,19H,1-2,5,8-13H2/t17-,19-/m0/s1. The third-order valence-electron chi connectivity index (χ3n) is 6.27. The molecule has 6 rings (SSSR count). The number of fused-ring (bicyclic) bond motifs is 4. The third kappa shape index (κ3) is 3.74. The lowest BCUT2D eigenvalue weighted by Gasteiger charge is -2.36. The van der Waals surface area contributed by atoms with Gasteiger partial charge in [0.1, 0.15) is 6.33 Å². The average Bonchev–Trinajstić information content (AvgIpc) is 3.41. The van der Waals surface area contributed by atoms with E-state index < -0.39 is 0 Å². The Balaban J connectivity index is 1.23. The summed E-state index contributed by atoms with van der Waals surface area (Å²) >= 11 is 0. The van der Waals surface area contributed by atoms with Crippen LogP contribution in [-0.2, 0) is 11.2 Å². The van der Waals surface area contributed by atoms with Crippen LogP contribution >= 0.6 is 0 Å². The molecule has 0 unspecified atom stereocenters. The smallest absolute Gasteiger partial charge is 0.227 e. The Labute approximate surface area is 159 Å². The molecular weight excluding hydrogens is 340 g/mol. The topological polar surface area (TPSA) is 67.2 Å². The first-order valence-electron chi connectivity index (χ1n) is 10.1. The summed E-state index contributed by atoms with van der Waals surface area (Å²) in [7, 11) is 0. The van der Waals surface area contributed by atoms with Gasteiger partial charge in [0, 0.05) is 32.2 Å². The van der Waals surface area contributed by atoms with Gasteiger partial charge in [0.15, 0.2) is 0 Å². The molecule has 1 aliphatic carbocycles. The molecule has 2 atom stereocenters. The van der Waals surface area contributed by atoms with Crippen LogP contribution in [0.15, 0.2) is 30.6 Å². The van der Waals surface area contributed by atoms with Crippen molar-refractivity contribution in [1.29, 1.82) is 0 Å². The fourth-order valence-electron chi connectivity index (χ4n) is 4.57. The molecule has 0 radical (unpaired) electrons. The van der Waals surface area contributed by atoms with E-state index in [1.165, 1.54) is 38.8 Å². The van der Waals surface area contributed by atoms with Gasteiger partial charge in [-0.05, 0) is 65.6 Å². The Bertz CT molecular complexity index is 785. The number of tetrazole rings is 1. The van der Waals surface area contributed by atoms with Crippen molar-refractivity contribution in [3.63, 3.8) is 0 Å². The van der Waals surface area contributed by atoms with Crippen LogP contribution in [0.3, 0.4) is 0 Å². The summed E-state index contributed by atoms with van der Waals surface area (Å²) in [5.74, 6) is 1.83. The van der Waals surface area contributed by atoms with Crippen molar-refractivity contribution >= 4 is 5.91 Å². The minimum Gasteiger partial charge on any atom is -0.341 e. The summed E-state index contributed by atoms with van der Waals surface area (Å²) in [6.45, 7) is 4.28. The molecule has 7 nitrogen and oxygen atoms in total. The molecule has 0 spiro atoms. The lowest BCUT2D eigenvalue weighted by molar-refractivity contribution is -0.130. The number of hydrogen-bond acceptors (Lipinski definition) is 5. The molecule has 1 aromatic heterocycles. The first-order chi connectivity index (χ1) is 13.2. The Morgan fingerprint density at radius 1 is 1.04 bits per heavy atom. The summed E-state index contributed by atoms with van der Waals surface area (Å²) in [6.07, 6.45) is 7.37. The predicted octanol–water partition coefficient (Wildman–Crippen LogP) is 1.54. The van der Waals surface area contributed by atoms with Crippen molar-refractivity contribution in [2.75, 3.05) is 26.2 Å². The molecule has 4 heterocycles. The molecule has 3 saturated heterocycles. The maximum atomic E-state index is 13.0. The molecule has 4 aliphatic rings. The largest absolute Gasteiger partial charge is 0.341 e. The SMILES string of the molecule is O=C(Cc1ccc(-n2cnnn2)cc1)N1C[C@H]2CC[C@@H](C1)N(CC1CC1)C2. The fraction of sp³-hybridized carbons (Fsp3) is 0.600. The van der Waals surface area contributed by atoms with E-state index in [4.69, 9.17) is 0 Å². The maximum absolute atomic E-state index is 13.0. The highest BCUT2D eigenvalue weighted by molar-refractivity contribution is 5.79. The van der Waals surface area contributed by atoms with Gasteiger partial charge in [0.2, 0.25) is 5.91 Å². The van der Waals surface area contributed by atoms with E-state index in [9.17, 15) is 4.79 Å². The second-order valence-electron chi connectivity index (χ2n) is 8.39. The molecule has 4 fully saturated rings. The number of rotatable bonds is 5. The van der Waals surface area contributed by atoms with Gasteiger partial charge in [0.25, 0.3) is 0 Å². The van der Waals surface area contributed by atoms with Crippen LogP contribution < -0.4 is 0 Å². The summed E-state index contributed by atoms with van der Waals surface area (Å²) in [5.41, 5.74) is 1.95. The molecule has 27 heavy (non-hydrogen) atoms. The summed E-state index contributed by atoms with van der Waals surface area (Å²) in [4.78, 5) is 17.8. The molecule has 1 aromatic carbocycles. The molecule has 142 valence electrons. The van der Waals surface area contributed by atoms with E-state index in [-0.39, 0.29) is 5.91 Å². The number of carbonyl (C=O) groups excluding carboxylic acids is 1. The molecule has 0 N–H and O–H groups in total. The summed E-state index contributed by atoms with van der Waals surface area (Å²) in [6, 6.07) is 8.49. The molecular formula is C20H26N6O. The van der Waals surface area contributed by atoms with Crippen molar-refractivity contribution in [3.8, 4) is 5.69 Å². The summed E-state index contributed by atoms with van der Waals surface area (Å²) in [5, 5.41) is 11.2. The first-order valence-corrected chi connectivity index (χ1v) is 10.1. The van der Waals surface area contributed by atoms with Crippen LogP contribution in [0.1, 0.15) is 31.2 Å². The van der Waals surface area contributed by atoms with Crippen molar-refractivity contribution in [2.45, 2.75) is 38.1 Å². The van der Waals surface area contributed by atoms with Crippen molar-refractivity contribution in [1.82, 2.24) is 30.0 Å². The highest BCUT2D eigenvalue weighted by Crippen LogP contribution is 2.34. The van der Waals surface area contributed by atoms with E-state index in [1.54, 1.807) is 11.0 Å². The van der Waals surface area contributed by atoms with Gasteiger partial charge in [-0.3, -0.25) is 9.69 Å². The van der Waals surface area contributed by atoms with Crippen molar-refractivity contribution < 1.29 is 4.79 Å². The minimum absolute atomic E-state index is 0.260. The lowest BCUT2D eigenvalue weighted by Crippen LogP contribution is -2.45. The zero-order valence-corrected chi connectivity index (χ0v) is 15.6. The van der Waals surface area contributed by atoms with Gasteiger partial charge in [-0.25, -0.2) is 4.68 Å². The van der Waals surface area contributed by atoms with E-state index in [0.29, 0.717) is 18.4 Å². The maximum Gasteiger partial charge on any atom is 0.227 e. The molecule has 7 heteroatoms. The van der Waals surface area contributed by atoms with Crippen LogP contribution in [0.25, 0.3) is 5.69 Å². The normalized spacial score (nSPS) is 25.6. The molecule has 2 bridgehead atoms.